The highest BCUT2D eigenvalue weighted by Gasteiger charge is 2.37. The molecule has 0 spiro atoms. The van der Waals surface area contributed by atoms with Crippen molar-refractivity contribution < 1.29 is 9.59 Å². The lowest BCUT2D eigenvalue weighted by atomic mass is 10.0. The number of nitrogen functional groups attached to an aromatic ring is 1. The summed E-state index contributed by atoms with van der Waals surface area (Å²) in [6.45, 7) is 8.43. The average Bonchev–Trinajstić information content (AvgIpc) is 2.87. The van der Waals surface area contributed by atoms with Gasteiger partial charge in [-0.3, -0.25) is 9.69 Å². The zero-order chi connectivity index (χ0) is 19.8. The van der Waals surface area contributed by atoms with Crippen LogP contribution in [0, 0.1) is 0 Å². The van der Waals surface area contributed by atoms with Crippen LogP contribution in [-0.2, 0) is 0 Å². The number of anilines is 3. The van der Waals surface area contributed by atoms with Gasteiger partial charge in [0.1, 0.15) is 11.4 Å². The van der Waals surface area contributed by atoms with E-state index in [-0.39, 0.29) is 28.9 Å². The molecule has 0 atom stereocenters. The first-order valence-electron chi connectivity index (χ1n) is 8.80. The van der Waals surface area contributed by atoms with Crippen LogP contribution in [-0.4, -0.2) is 34.0 Å². The van der Waals surface area contributed by atoms with Crippen LogP contribution in [0.25, 0.3) is 0 Å². The van der Waals surface area contributed by atoms with Gasteiger partial charge < -0.3 is 16.4 Å². The Hall–Kier alpha value is -3.16. The van der Waals surface area contributed by atoms with Crippen LogP contribution in [0.5, 0.6) is 0 Å². The molecule has 1 aromatic heterocycles. The summed E-state index contributed by atoms with van der Waals surface area (Å²) < 4.78 is 0. The Kier molecular flexibility index (Phi) is 4.73. The van der Waals surface area contributed by atoms with E-state index in [4.69, 9.17) is 5.73 Å². The first-order valence-corrected chi connectivity index (χ1v) is 8.80. The first-order chi connectivity index (χ1) is 12.7. The predicted molar refractivity (Wildman–Crippen MR) is 105 cm³/mol. The Morgan fingerprint density at radius 3 is 2.48 bits per heavy atom. The van der Waals surface area contributed by atoms with E-state index in [1.807, 2.05) is 38.1 Å². The summed E-state index contributed by atoms with van der Waals surface area (Å²) in [5, 5.41) is 5.61. The number of aromatic nitrogens is 2. The summed E-state index contributed by atoms with van der Waals surface area (Å²) in [5.41, 5.74) is 7.57. The molecule has 0 unspecified atom stereocenters. The summed E-state index contributed by atoms with van der Waals surface area (Å²) in [7, 11) is 0. The quantitative estimate of drug-likeness (QED) is 0.768. The molecule has 8 nitrogen and oxygen atoms in total. The van der Waals surface area contributed by atoms with E-state index in [0.717, 1.165) is 0 Å². The monoisotopic (exact) mass is 368 g/mol. The molecule has 2 heterocycles. The highest BCUT2D eigenvalue weighted by atomic mass is 16.2. The second-order valence-corrected chi connectivity index (χ2v) is 7.60. The number of hydrogen-bond acceptors (Lipinski definition) is 5. The number of carbonyl (C=O) groups is 2. The maximum absolute atomic E-state index is 12.5. The summed E-state index contributed by atoms with van der Waals surface area (Å²) in [4.78, 5) is 34.2. The molecule has 1 fully saturated rings. The molecule has 0 bridgehead atoms. The van der Waals surface area contributed by atoms with Gasteiger partial charge in [-0.25, -0.2) is 9.78 Å². The van der Waals surface area contributed by atoms with Gasteiger partial charge in [-0.15, -0.1) is 0 Å². The Bertz CT molecular complexity index is 876. The summed E-state index contributed by atoms with van der Waals surface area (Å²) in [6.07, 6.45) is 1.34. The van der Waals surface area contributed by atoms with Crippen molar-refractivity contribution in [3.63, 3.8) is 0 Å². The van der Waals surface area contributed by atoms with E-state index in [0.29, 0.717) is 18.2 Å². The van der Waals surface area contributed by atoms with Gasteiger partial charge in [0.25, 0.3) is 5.91 Å². The summed E-state index contributed by atoms with van der Waals surface area (Å²) in [6, 6.07) is 7.33. The zero-order valence-corrected chi connectivity index (χ0v) is 15.9. The van der Waals surface area contributed by atoms with Gasteiger partial charge in [-0.1, -0.05) is 26.0 Å². The highest BCUT2D eigenvalue weighted by Crippen LogP contribution is 2.22. The zero-order valence-electron chi connectivity index (χ0n) is 15.9. The van der Waals surface area contributed by atoms with Gasteiger partial charge in [-0.05, 0) is 37.5 Å². The number of carbonyl (C=O) groups excluding carboxylic acids is 2. The van der Waals surface area contributed by atoms with Crippen molar-refractivity contribution in [2.24, 2.45) is 0 Å². The van der Waals surface area contributed by atoms with Gasteiger partial charge in [0.15, 0.2) is 0 Å². The molecule has 0 aliphatic carbocycles. The second kappa shape index (κ2) is 6.86. The number of hydrogen-bond donors (Lipinski definition) is 3. The lowest BCUT2D eigenvalue weighted by Crippen LogP contribution is -2.36. The molecule has 142 valence electrons. The number of rotatable bonds is 4. The van der Waals surface area contributed by atoms with Crippen LogP contribution in [0.2, 0.25) is 0 Å². The maximum atomic E-state index is 12.5. The smallest absolute Gasteiger partial charge is 0.324 e. The molecule has 4 N–H and O–H groups in total. The van der Waals surface area contributed by atoms with Crippen LogP contribution in [0.3, 0.4) is 0 Å². The largest absolute Gasteiger partial charge is 0.383 e. The van der Waals surface area contributed by atoms with Crippen LogP contribution in [0.15, 0.2) is 30.5 Å². The van der Waals surface area contributed by atoms with Crippen LogP contribution < -0.4 is 21.3 Å². The van der Waals surface area contributed by atoms with Gasteiger partial charge in [0.2, 0.25) is 5.95 Å². The Morgan fingerprint density at radius 2 is 1.96 bits per heavy atom. The van der Waals surface area contributed by atoms with E-state index in [9.17, 15) is 9.59 Å². The number of nitrogens with zero attached hydrogens (tertiary/aromatic N) is 3. The molecule has 1 aromatic carbocycles. The fourth-order valence-corrected chi connectivity index (χ4v) is 2.87. The molecule has 27 heavy (non-hydrogen) atoms. The first kappa shape index (κ1) is 18.6. The summed E-state index contributed by atoms with van der Waals surface area (Å²) in [5.74, 6) is 0.212. The highest BCUT2D eigenvalue weighted by molar-refractivity contribution is 6.07. The topological polar surface area (TPSA) is 113 Å². The fraction of sp³-hybridized carbons (Fsp3) is 0.368. The standard InChI is InChI=1S/C19H24N6O2/c1-11(2)12-5-7-13(8-6-12)22-16(26)14-9-21-17(23-15(14)20)25-10-19(3,4)24-18(25)27/h5-9,11H,10H2,1-4H3,(H,22,26)(H,24,27)(H2,20,21,23). The Labute approximate surface area is 158 Å². The maximum Gasteiger partial charge on any atom is 0.324 e. The van der Waals surface area contributed by atoms with Gasteiger partial charge >= 0.3 is 6.03 Å². The molecule has 8 heteroatoms. The third-order valence-electron chi connectivity index (χ3n) is 4.37. The lowest BCUT2D eigenvalue weighted by Gasteiger charge is -2.17. The van der Waals surface area contributed by atoms with E-state index < -0.39 is 5.91 Å². The minimum atomic E-state index is -0.400. The minimum Gasteiger partial charge on any atom is -0.383 e. The predicted octanol–water partition coefficient (Wildman–Crippen LogP) is 2.74. The number of nitrogens with one attached hydrogen (secondary N) is 2. The molecule has 2 aromatic rings. The van der Waals surface area contributed by atoms with Crippen molar-refractivity contribution in [3.05, 3.63) is 41.6 Å². The molecule has 1 aliphatic heterocycles. The molecule has 3 amide bonds. The molecular formula is C19H24N6O2. The number of nitrogens with two attached hydrogens (primary N) is 1. The van der Waals surface area contributed by atoms with Crippen molar-refractivity contribution in [1.82, 2.24) is 15.3 Å². The van der Waals surface area contributed by atoms with Crippen molar-refractivity contribution in [1.29, 1.82) is 0 Å². The molecule has 1 aliphatic rings. The molecule has 1 saturated heterocycles. The van der Waals surface area contributed by atoms with Crippen LogP contribution in [0.1, 0.15) is 49.5 Å². The number of amides is 3. The summed E-state index contributed by atoms with van der Waals surface area (Å²) >= 11 is 0. The Balaban J connectivity index is 1.75. The van der Waals surface area contributed by atoms with E-state index >= 15 is 0 Å². The SMILES string of the molecule is CC(C)c1ccc(NC(=O)c2cnc(N3CC(C)(C)NC3=O)nc2N)cc1. The van der Waals surface area contributed by atoms with Crippen LogP contribution >= 0.6 is 0 Å². The fourth-order valence-electron chi connectivity index (χ4n) is 2.87. The van der Waals surface area contributed by atoms with E-state index in [2.05, 4.69) is 34.4 Å². The molecule has 0 radical (unpaired) electrons. The van der Waals surface area contributed by atoms with Crippen LogP contribution in [0.4, 0.5) is 22.2 Å². The van der Waals surface area contributed by atoms with Crippen molar-refractivity contribution >= 4 is 29.4 Å². The Morgan fingerprint density at radius 1 is 1.30 bits per heavy atom. The third-order valence-corrected chi connectivity index (χ3v) is 4.37. The average molecular weight is 368 g/mol. The van der Waals surface area contributed by atoms with Crippen molar-refractivity contribution in [2.75, 3.05) is 22.5 Å². The molecule has 3 rings (SSSR count). The van der Waals surface area contributed by atoms with Gasteiger partial charge in [0, 0.05) is 11.9 Å². The van der Waals surface area contributed by atoms with Crippen molar-refractivity contribution in [2.45, 2.75) is 39.2 Å². The minimum absolute atomic E-state index is 0.0220. The number of urea groups is 1. The molecular weight excluding hydrogens is 344 g/mol. The number of benzene rings is 1. The van der Waals surface area contributed by atoms with Gasteiger partial charge in [-0.2, -0.15) is 4.98 Å². The molecule has 0 saturated carbocycles. The van der Waals surface area contributed by atoms with E-state index in [1.165, 1.54) is 16.7 Å². The van der Waals surface area contributed by atoms with E-state index in [1.54, 1.807) is 0 Å². The van der Waals surface area contributed by atoms with Gasteiger partial charge in [0.05, 0.1) is 12.1 Å². The van der Waals surface area contributed by atoms with Crippen molar-refractivity contribution in [3.8, 4) is 0 Å². The third kappa shape index (κ3) is 3.99. The second-order valence-electron chi connectivity index (χ2n) is 7.60. The normalized spacial score (nSPS) is 15.7. The lowest BCUT2D eigenvalue weighted by molar-refractivity contribution is 0.102.